The molecule has 0 atom stereocenters. The summed E-state index contributed by atoms with van der Waals surface area (Å²) in [6, 6.07) is 4.96. The molecule has 2 aromatic heterocycles. The zero-order valence-electron chi connectivity index (χ0n) is 11.2. The van der Waals surface area contributed by atoms with Crippen LogP contribution in [0.2, 0.25) is 0 Å². The monoisotopic (exact) mass is 337 g/mol. The van der Waals surface area contributed by atoms with E-state index in [4.69, 9.17) is 5.11 Å². The Bertz CT molecular complexity index is 810. The third-order valence-corrected chi connectivity index (χ3v) is 6.06. The van der Waals surface area contributed by atoms with Crippen molar-refractivity contribution in [1.29, 1.82) is 0 Å². The van der Waals surface area contributed by atoms with Gasteiger partial charge >= 0.3 is 5.97 Å². The predicted octanol–water partition coefficient (Wildman–Crippen LogP) is 4.12. The van der Waals surface area contributed by atoms with E-state index in [1.165, 1.54) is 23.1 Å². The Labute approximate surface area is 133 Å². The molecule has 108 valence electrons. The maximum Gasteiger partial charge on any atom is 0.335 e. The molecule has 0 radical (unpaired) electrons. The first kappa shape index (κ1) is 14.4. The van der Waals surface area contributed by atoms with Crippen LogP contribution in [0.4, 0.5) is 0 Å². The molecule has 0 fully saturated rings. The molecule has 2 heterocycles. The minimum absolute atomic E-state index is 0.278. The fraction of sp³-hybridized carbons (Fsp3) is 0.231. The van der Waals surface area contributed by atoms with E-state index in [1.54, 1.807) is 29.5 Å². The van der Waals surface area contributed by atoms with E-state index in [9.17, 15) is 4.79 Å². The highest BCUT2D eigenvalue weighted by Gasteiger charge is 2.13. The van der Waals surface area contributed by atoms with Gasteiger partial charge in [0.1, 0.15) is 5.01 Å². The highest BCUT2D eigenvalue weighted by Crippen LogP contribution is 2.36. The van der Waals surface area contributed by atoms with Gasteiger partial charge in [-0.05, 0) is 30.0 Å². The SMILES string of the molecule is CC(C)c1nnc(Sc2nc3ccc(C(=O)O)cc3s2)s1. The summed E-state index contributed by atoms with van der Waals surface area (Å²) in [7, 11) is 0. The van der Waals surface area contributed by atoms with Crippen molar-refractivity contribution in [2.75, 3.05) is 0 Å². The lowest BCUT2D eigenvalue weighted by Crippen LogP contribution is -1.94. The number of carboxylic acid groups (broad SMARTS) is 1. The Morgan fingerprint density at radius 1 is 1.24 bits per heavy atom. The lowest BCUT2D eigenvalue weighted by molar-refractivity contribution is 0.0697. The molecule has 0 saturated carbocycles. The Kier molecular flexibility index (Phi) is 3.92. The van der Waals surface area contributed by atoms with E-state index < -0.39 is 5.97 Å². The number of aromatic nitrogens is 3. The second-order valence-electron chi connectivity index (χ2n) is 4.63. The van der Waals surface area contributed by atoms with Gasteiger partial charge in [-0.3, -0.25) is 0 Å². The van der Waals surface area contributed by atoms with Crippen molar-refractivity contribution < 1.29 is 9.90 Å². The van der Waals surface area contributed by atoms with Gasteiger partial charge in [0, 0.05) is 5.92 Å². The molecular formula is C13H11N3O2S3. The van der Waals surface area contributed by atoms with Crippen LogP contribution in [0.3, 0.4) is 0 Å². The standard InChI is InChI=1S/C13H11N3O2S3/c1-6(2)10-15-16-13(20-10)21-12-14-8-4-3-7(11(17)18)5-9(8)19-12/h3-6H,1-2H3,(H,17,18). The zero-order valence-corrected chi connectivity index (χ0v) is 13.7. The van der Waals surface area contributed by atoms with E-state index in [2.05, 4.69) is 29.0 Å². The molecular weight excluding hydrogens is 326 g/mol. The second kappa shape index (κ2) is 5.70. The van der Waals surface area contributed by atoms with Crippen molar-refractivity contribution in [3.8, 4) is 0 Å². The largest absolute Gasteiger partial charge is 0.478 e. The number of thiazole rings is 1. The van der Waals surface area contributed by atoms with Gasteiger partial charge in [-0.15, -0.1) is 21.5 Å². The van der Waals surface area contributed by atoms with Crippen molar-refractivity contribution >= 4 is 50.6 Å². The van der Waals surface area contributed by atoms with Crippen LogP contribution in [0.5, 0.6) is 0 Å². The van der Waals surface area contributed by atoms with Gasteiger partial charge in [-0.1, -0.05) is 25.2 Å². The van der Waals surface area contributed by atoms with Crippen LogP contribution >= 0.6 is 34.4 Å². The van der Waals surface area contributed by atoms with Crippen molar-refractivity contribution in [2.24, 2.45) is 0 Å². The molecule has 0 unspecified atom stereocenters. The average Bonchev–Trinajstić information content (AvgIpc) is 3.03. The van der Waals surface area contributed by atoms with Gasteiger partial charge in [0.05, 0.1) is 15.8 Å². The van der Waals surface area contributed by atoms with E-state index in [1.807, 2.05) is 0 Å². The average molecular weight is 337 g/mol. The number of hydrogen-bond donors (Lipinski definition) is 1. The lowest BCUT2D eigenvalue weighted by atomic mass is 10.2. The van der Waals surface area contributed by atoms with Gasteiger partial charge < -0.3 is 5.11 Å². The first-order valence-corrected chi connectivity index (χ1v) is 8.63. The van der Waals surface area contributed by atoms with Gasteiger partial charge in [-0.25, -0.2) is 9.78 Å². The number of aromatic carboxylic acids is 1. The highest BCUT2D eigenvalue weighted by molar-refractivity contribution is 8.02. The summed E-state index contributed by atoms with van der Waals surface area (Å²) in [6.07, 6.45) is 0. The lowest BCUT2D eigenvalue weighted by Gasteiger charge is -1.93. The number of fused-ring (bicyclic) bond motifs is 1. The Morgan fingerprint density at radius 2 is 2.05 bits per heavy atom. The summed E-state index contributed by atoms with van der Waals surface area (Å²) in [5.41, 5.74) is 1.09. The summed E-state index contributed by atoms with van der Waals surface area (Å²) >= 11 is 4.51. The van der Waals surface area contributed by atoms with Crippen molar-refractivity contribution in [2.45, 2.75) is 28.4 Å². The third kappa shape index (κ3) is 3.07. The molecule has 3 aromatic rings. The van der Waals surface area contributed by atoms with Crippen LogP contribution in [-0.2, 0) is 0 Å². The molecule has 1 N–H and O–H groups in total. The number of benzene rings is 1. The highest BCUT2D eigenvalue weighted by atomic mass is 32.2. The second-order valence-corrected chi connectivity index (χ2v) is 8.16. The Balaban J connectivity index is 1.88. The topological polar surface area (TPSA) is 76.0 Å². The van der Waals surface area contributed by atoms with Gasteiger partial charge in [-0.2, -0.15) is 0 Å². The number of hydrogen-bond acceptors (Lipinski definition) is 7. The van der Waals surface area contributed by atoms with Crippen LogP contribution in [0, 0.1) is 0 Å². The molecule has 0 bridgehead atoms. The number of carboxylic acids is 1. The third-order valence-electron chi connectivity index (χ3n) is 2.71. The quantitative estimate of drug-likeness (QED) is 0.772. The molecule has 0 aliphatic rings. The van der Waals surface area contributed by atoms with Crippen LogP contribution in [0.1, 0.15) is 35.1 Å². The maximum atomic E-state index is 11.0. The van der Waals surface area contributed by atoms with E-state index in [-0.39, 0.29) is 5.56 Å². The molecule has 0 amide bonds. The molecule has 3 rings (SSSR count). The first-order chi connectivity index (χ1) is 10.0. The maximum absolute atomic E-state index is 11.0. The van der Waals surface area contributed by atoms with Gasteiger partial charge in [0.15, 0.2) is 8.68 Å². The first-order valence-electron chi connectivity index (χ1n) is 6.18. The van der Waals surface area contributed by atoms with Crippen molar-refractivity contribution in [1.82, 2.24) is 15.2 Å². The Morgan fingerprint density at radius 3 is 2.71 bits per heavy atom. The molecule has 8 heteroatoms. The predicted molar refractivity (Wildman–Crippen MR) is 84.7 cm³/mol. The van der Waals surface area contributed by atoms with Gasteiger partial charge in [0.25, 0.3) is 0 Å². The van der Waals surface area contributed by atoms with E-state index >= 15 is 0 Å². The molecule has 5 nitrogen and oxygen atoms in total. The molecule has 0 spiro atoms. The fourth-order valence-electron chi connectivity index (χ4n) is 1.65. The van der Waals surface area contributed by atoms with Crippen LogP contribution in [0.25, 0.3) is 10.2 Å². The number of rotatable bonds is 4. The molecule has 21 heavy (non-hydrogen) atoms. The summed E-state index contributed by atoms with van der Waals surface area (Å²) in [5.74, 6) is -0.560. The van der Waals surface area contributed by atoms with Crippen LogP contribution < -0.4 is 0 Å². The molecule has 0 saturated heterocycles. The molecule has 0 aliphatic heterocycles. The summed E-state index contributed by atoms with van der Waals surface area (Å²) in [6.45, 7) is 4.17. The van der Waals surface area contributed by atoms with Crippen molar-refractivity contribution in [3.05, 3.63) is 28.8 Å². The number of nitrogens with zero attached hydrogens (tertiary/aromatic N) is 3. The summed E-state index contributed by atoms with van der Waals surface area (Å²) in [4.78, 5) is 15.5. The zero-order chi connectivity index (χ0) is 15.0. The van der Waals surface area contributed by atoms with E-state index in [0.717, 1.165) is 23.9 Å². The van der Waals surface area contributed by atoms with Gasteiger partial charge in [0.2, 0.25) is 0 Å². The summed E-state index contributed by atoms with van der Waals surface area (Å²) in [5, 5.41) is 18.3. The van der Waals surface area contributed by atoms with Crippen LogP contribution in [0.15, 0.2) is 26.9 Å². The number of carbonyl (C=O) groups is 1. The summed E-state index contributed by atoms with van der Waals surface area (Å²) < 4.78 is 2.57. The molecule has 0 aliphatic carbocycles. The fourth-order valence-corrected chi connectivity index (χ4v) is 4.83. The minimum Gasteiger partial charge on any atom is -0.478 e. The minimum atomic E-state index is -0.926. The Hall–Kier alpha value is -1.51. The smallest absolute Gasteiger partial charge is 0.335 e. The molecule has 1 aromatic carbocycles. The van der Waals surface area contributed by atoms with E-state index in [0.29, 0.717) is 5.92 Å². The normalized spacial score (nSPS) is 11.4. The van der Waals surface area contributed by atoms with Crippen LogP contribution in [-0.4, -0.2) is 26.3 Å². The van der Waals surface area contributed by atoms with Crippen molar-refractivity contribution in [3.63, 3.8) is 0 Å².